The predicted octanol–water partition coefficient (Wildman–Crippen LogP) is 2.07. The number of anilines is 1. The van der Waals surface area contributed by atoms with Gasteiger partial charge < -0.3 is 10.2 Å². The van der Waals surface area contributed by atoms with E-state index >= 15 is 0 Å². The quantitative estimate of drug-likeness (QED) is 0.799. The Morgan fingerprint density at radius 3 is 2.52 bits per heavy atom. The van der Waals surface area contributed by atoms with Gasteiger partial charge in [0.05, 0.1) is 5.69 Å². The molecular formula is C24H32N6O. The molecular weight excluding hydrogens is 388 g/mol. The van der Waals surface area contributed by atoms with Crippen molar-refractivity contribution in [3.05, 3.63) is 53.0 Å². The summed E-state index contributed by atoms with van der Waals surface area (Å²) in [7, 11) is 1.66. The number of hydrogen-bond donors (Lipinski definition) is 1. The molecule has 1 saturated carbocycles. The molecule has 3 aliphatic rings. The Bertz CT molecular complexity index is 918. The molecule has 2 aromatic rings. The molecule has 0 spiro atoms. The highest BCUT2D eigenvalue weighted by molar-refractivity contribution is 5.93. The fraction of sp³-hybridized carbons (Fsp3) is 0.542. The molecule has 3 heterocycles. The lowest BCUT2D eigenvalue weighted by molar-refractivity contribution is 0.0963. The van der Waals surface area contributed by atoms with Crippen molar-refractivity contribution in [3.63, 3.8) is 0 Å². The van der Waals surface area contributed by atoms with Crippen LogP contribution in [0.1, 0.15) is 46.4 Å². The number of amides is 1. The fourth-order valence-electron chi connectivity index (χ4n) is 5.01. The van der Waals surface area contributed by atoms with Gasteiger partial charge in [-0.3, -0.25) is 14.6 Å². The number of piperazine rings is 1. The SMILES string of the molecule is CNC(=O)c1ccc(CN2CCc3c(ncnc3N3CCN(C4CCC4)CC3)C2)cc1. The van der Waals surface area contributed by atoms with Gasteiger partial charge in [0.2, 0.25) is 0 Å². The van der Waals surface area contributed by atoms with Crippen molar-refractivity contribution in [3.8, 4) is 0 Å². The summed E-state index contributed by atoms with van der Waals surface area (Å²) in [6.07, 6.45) is 6.90. The Morgan fingerprint density at radius 2 is 1.84 bits per heavy atom. The summed E-state index contributed by atoms with van der Waals surface area (Å²) in [6, 6.07) is 8.73. The van der Waals surface area contributed by atoms with Gasteiger partial charge in [0.1, 0.15) is 12.1 Å². The van der Waals surface area contributed by atoms with Crippen LogP contribution in [0.3, 0.4) is 0 Å². The maximum Gasteiger partial charge on any atom is 0.251 e. The minimum Gasteiger partial charge on any atom is -0.355 e. The smallest absolute Gasteiger partial charge is 0.251 e. The number of benzene rings is 1. The standard InChI is InChI=1S/C24H32N6O/c1-25-24(31)19-7-5-18(6-8-19)15-28-10-9-21-22(16-28)26-17-27-23(21)30-13-11-29(12-14-30)20-3-2-4-20/h5-8,17,20H,2-4,9-16H2,1H3,(H,25,31). The van der Waals surface area contributed by atoms with Crippen LogP contribution in [0.2, 0.25) is 0 Å². The molecule has 0 bridgehead atoms. The van der Waals surface area contributed by atoms with E-state index in [1.807, 2.05) is 24.3 Å². The molecule has 1 aromatic heterocycles. The molecule has 2 fully saturated rings. The van der Waals surface area contributed by atoms with Crippen molar-refractivity contribution in [1.82, 2.24) is 25.1 Å². The molecule has 0 atom stereocenters. The van der Waals surface area contributed by atoms with E-state index in [0.717, 1.165) is 64.1 Å². The molecule has 0 unspecified atom stereocenters. The van der Waals surface area contributed by atoms with Gasteiger partial charge in [-0.25, -0.2) is 9.97 Å². The second-order valence-electron chi connectivity index (χ2n) is 8.97. The van der Waals surface area contributed by atoms with E-state index in [-0.39, 0.29) is 5.91 Å². The van der Waals surface area contributed by atoms with Crippen LogP contribution in [0, 0.1) is 0 Å². The number of nitrogens with zero attached hydrogens (tertiary/aromatic N) is 5. The molecule has 31 heavy (non-hydrogen) atoms. The lowest BCUT2D eigenvalue weighted by Crippen LogP contribution is -2.52. The number of rotatable bonds is 5. The first-order chi connectivity index (χ1) is 15.2. The van der Waals surface area contributed by atoms with Crippen molar-refractivity contribution < 1.29 is 4.79 Å². The normalized spacial score (nSPS) is 20.2. The van der Waals surface area contributed by atoms with Crippen molar-refractivity contribution in [2.45, 2.75) is 44.8 Å². The van der Waals surface area contributed by atoms with Crippen LogP contribution in [0.25, 0.3) is 0 Å². The van der Waals surface area contributed by atoms with E-state index in [1.54, 1.807) is 13.4 Å². The van der Waals surface area contributed by atoms with E-state index in [9.17, 15) is 4.79 Å². The van der Waals surface area contributed by atoms with Gasteiger partial charge in [0, 0.05) is 70.0 Å². The molecule has 0 radical (unpaired) electrons. The minimum atomic E-state index is -0.0452. The van der Waals surface area contributed by atoms with Crippen LogP contribution >= 0.6 is 0 Å². The second kappa shape index (κ2) is 8.93. The van der Waals surface area contributed by atoms with Crippen LogP contribution in [-0.4, -0.2) is 71.5 Å². The lowest BCUT2D eigenvalue weighted by Gasteiger charge is -2.43. The molecule has 2 aliphatic heterocycles. The van der Waals surface area contributed by atoms with E-state index in [0.29, 0.717) is 5.56 Å². The Hall–Kier alpha value is -2.51. The number of nitrogens with one attached hydrogen (secondary N) is 1. The van der Waals surface area contributed by atoms with Gasteiger partial charge in [0.15, 0.2) is 0 Å². The summed E-state index contributed by atoms with van der Waals surface area (Å²) in [4.78, 5) is 28.7. The number of hydrogen-bond acceptors (Lipinski definition) is 6. The minimum absolute atomic E-state index is 0.0452. The zero-order valence-electron chi connectivity index (χ0n) is 18.4. The number of fused-ring (bicyclic) bond motifs is 1. The molecule has 1 aromatic carbocycles. The van der Waals surface area contributed by atoms with E-state index in [4.69, 9.17) is 4.98 Å². The van der Waals surface area contributed by atoms with Crippen LogP contribution in [0.15, 0.2) is 30.6 Å². The third kappa shape index (κ3) is 4.29. The molecule has 164 valence electrons. The van der Waals surface area contributed by atoms with Crippen LogP contribution < -0.4 is 10.2 Å². The maximum absolute atomic E-state index is 11.7. The van der Waals surface area contributed by atoms with Crippen LogP contribution in [-0.2, 0) is 19.5 Å². The highest BCUT2D eigenvalue weighted by Crippen LogP contribution is 2.29. The Kier molecular flexibility index (Phi) is 5.87. The first kappa shape index (κ1) is 20.4. The average molecular weight is 421 g/mol. The Morgan fingerprint density at radius 1 is 1.06 bits per heavy atom. The first-order valence-corrected chi connectivity index (χ1v) is 11.6. The molecule has 1 amide bonds. The van der Waals surface area contributed by atoms with Gasteiger partial charge in [0.25, 0.3) is 5.91 Å². The summed E-state index contributed by atoms with van der Waals surface area (Å²) in [5.41, 5.74) is 4.42. The van der Waals surface area contributed by atoms with E-state index in [1.165, 1.54) is 36.1 Å². The van der Waals surface area contributed by atoms with Crippen molar-refractivity contribution >= 4 is 11.7 Å². The molecule has 1 saturated heterocycles. The van der Waals surface area contributed by atoms with E-state index in [2.05, 4.69) is 25.0 Å². The van der Waals surface area contributed by atoms with Gasteiger partial charge >= 0.3 is 0 Å². The molecule has 1 aliphatic carbocycles. The number of carbonyl (C=O) groups excluding carboxylic acids is 1. The Balaban J connectivity index is 1.22. The first-order valence-electron chi connectivity index (χ1n) is 11.6. The van der Waals surface area contributed by atoms with E-state index < -0.39 is 0 Å². The summed E-state index contributed by atoms with van der Waals surface area (Å²) >= 11 is 0. The largest absolute Gasteiger partial charge is 0.355 e. The fourth-order valence-corrected chi connectivity index (χ4v) is 5.01. The lowest BCUT2D eigenvalue weighted by atomic mass is 9.91. The predicted molar refractivity (Wildman–Crippen MR) is 121 cm³/mol. The maximum atomic E-state index is 11.7. The summed E-state index contributed by atoms with van der Waals surface area (Å²) in [5.74, 6) is 1.11. The third-order valence-electron chi connectivity index (χ3n) is 7.12. The third-order valence-corrected chi connectivity index (χ3v) is 7.12. The zero-order valence-corrected chi connectivity index (χ0v) is 18.4. The number of carbonyl (C=O) groups is 1. The summed E-state index contributed by atoms with van der Waals surface area (Å²) < 4.78 is 0. The highest BCUT2D eigenvalue weighted by atomic mass is 16.1. The topological polar surface area (TPSA) is 64.6 Å². The van der Waals surface area contributed by atoms with Crippen LogP contribution in [0.4, 0.5) is 5.82 Å². The second-order valence-corrected chi connectivity index (χ2v) is 8.97. The molecule has 5 rings (SSSR count). The van der Waals surface area contributed by atoms with Crippen molar-refractivity contribution in [1.29, 1.82) is 0 Å². The average Bonchev–Trinajstić information content (AvgIpc) is 2.78. The Labute approximate surface area is 184 Å². The highest BCUT2D eigenvalue weighted by Gasteiger charge is 2.30. The monoisotopic (exact) mass is 420 g/mol. The summed E-state index contributed by atoms with van der Waals surface area (Å²) in [5, 5.41) is 2.67. The molecule has 7 heteroatoms. The summed E-state index contributed by atoms with van der Waals surface area (Å²) in [6.45, 7) is 7.18. The van der Waals surface area contributed by atoms with Crippen LogP contribution in [0.5, 0.6) is 0 Å². The van der Waals surface area contributed by atoms with Gasteiger partial charge in [-0.15, -0.1) is 0 Å². The molecule has 7 nitrogen and oxygen atoms in total. The van der Waals surface area contributed by atoms with Crippen molar-refractivity contribution in [2.75, 3.05) is 44.7 Å². The zero-order chi connectivity index (χ0) is 21.2. The number of aromatic nitrogens is 2. The molecule has 1 N–H and O–H groups in total. The van der Waals surface area contributed by atoms with Gasteiger partial charge in [-0.05, 0) is 37.0 Å². The van der Waals surface area contributed by atoms with Gasteiger partial charge in [-0.2, -0.15) is 0 Å². The van der Waals surface area contributed by atoms with Gasteiger partial charge in [-0.1, -0.05) is 18.6 Å². The van der Waals surface area contributed by atoms with Crippen molar-refractivity contribution in [2.24, 2.45) is 0 Å².